The van der Waals surface area contributed by atoms with Crippen LogP contribution in [0, 0.1) is 0 Å². The molecule has 0 unspecified atom stereocenters. The molecule has 1 aliphatic heterocycles. The molecule has 0 bridgehead atoms. The first-order chi connectivity index (χ1) is 11.8. The van der Waals surface area contributed by atoms with Crippen LogP contribution in [0.25, 0.3) is 0 Å². The Hall–Kier alpha value is -2.33. The quantitative estimate of drug-likeness (QED) is 0.830. The minimum atomic E-state index is 0.180. The second-order valence-corrected chi connectivity index (χ2v) is 6.11. The third-order valence-electron chi connectivity index (χ3n) is 4.51. The van der Waals surface area contributed by atoms with Crippen LogP contribution in [-0.4, -0.2) is 37.6 Å². The number of ether oxygens (including phenoxy) is 1. The minimum absolute atomic E-state index is 0.180. The van der Waals surface area contributed by atoms with Gasteiger partial charge in [-0.3, -0.25) is 4.79 Å². The molecule has 24 heavy (non-hydrogen) atoms. The maximum absolute atomic E-state index is 12.3. The zero-order valence-corrected chi connectivity index (χ0v) is 14.1. The van der Waals surface area contributed by atoms with Crippen molar-refractivity contribution >= 4 is 5.91 Å². The van der Waals surface area contributed by atoms with E-state index in [-0.39, 0.29) is 5.91 Å². The van der Waals surface area contributed by atoms with Gasteiger partial charge < -0.3 is 15.0 Å². The number of hydrogen-bond acceptors (Lipinski definition) is 3. The van der Waals surface area contributed by atoms with E-state index in [0.29, 0.717) is 6.54 Å². The molecule has 1 aliphatic rings. The molecule has 4 nitrogen and oxygen atoms in total. The van der Waals surface area contributed by atoms with Gasteiger partial charge in [-0.15, -0.1) is 0 Å². The Labute approximate surface area is 143 Å². The van der Waals surface area contributed by atoms with Crippen LogP contribution in [0.15, 0.2) is 48.5 Å². The Morgan fingerprint density at radius 2 is 1.88 bits per heavy atom. The lowest BCUT2D eigenvalue weighted by molar-refractivity contribution is -0.131. The standard InChI is InChI=1S/C20H24N2O2/c1-24-19-8-6-16(7-9-19)10-12-21-14-20(23)22-13-11-17-4-2-3-5-18(17)15-22/h2-9,21H,10-15H2,1H3. The fourth-order valence-electron chi connectivity index (χ4n) is 3.04. The fraction of sp³-hybridized carbons (Fsp3) is 0.350. The van der Waals surface area contributed by atoms with Gasteiger partial charge in [0.05, 0.1) is 13.7 Å². The van der Waals surface area contributed by atoms with Crippen molar-refractivity contribution in [2.45, 2.75) is 19.4 Å². The van der Waals surface area contributed by atoms with Gasteiger partial charge in [-0.25, -0.2) is 0 Å². The van der Waals surface area contributed by atoms with Gasteiger partial charge in [0.25, 0.3) is 0 Å². The van der Waals surface area contributed by atoms with Gasteiger partial charge in [-0.05, 0) is 48.2 Å². The highest BCUT2D eigenvalue weighted by Gasteiger charge is 2.19. The van der Waals surface area contributed by atoms with Gasteiger partial charge in [-0.2, -0.15) is 0 Å². The normalized spacial score (nSPS) is 13.5. The van der Waals surface area contributed by atoms with Crippen molar-refractivity contribution in [3.8, 4) is 5.75 Å². The molecular weight excluding hydrogens is 300 g/mol. The molecule has 2 aromatic rings. The highest BCUT2D eigenvalue weighted by Crippen LogP contribution is 2.18. The van der Waals surface area contributed by atoms with Gasteiger partial charge >= 0.3 is 0 Å². The first-order valence-electron chi connectivity index (χ1n) is 8.44. The summed E-state index contributed by atoms with van der Waals surface area (Å²) in [5, 5.41) is 3.26. The summed E-state index contributed by atoms with van der Waals surface area (Å²) >= 11 is 0. The minimum Gasteiger partial charge on any atom is -0.497 e. The van der Waals surface area contributed by atoms with Crippen molar-refractivity contribution in [2.24, 2.45) is 0 Å². The van der Waals surface area contributed by atoms with Crippen LogP contribution < -0.4 is 10.1 Å². The van der Waals surface area contributed by atoms with Crippen LogP contribution in [0.1, 0.15) is 16.7 Å². The predicted molar refractivity (Wildman–Crippen MR) is 95.1 cm³/mol. The van der Waals surface area contributed by atoms with E-state index < -0.39 is 0 Å². The summed E-state index contributed by atoms with van der Waals surface area (Å²) in [5.41, 5.74) is 3.88. The Kier molecular flexibility index (Phi) is 5.49. The van der Waals surface area contributed by atoms with Gasteiger partial charge in [0.15, 0.2) is 0 Å². The van der Waals surface area contributed by atoms with Crippen LogP contribution in [0.5, 0.6) is 5.75 Å². The first-order valence-corrected chi connectivity index (χ1v) is 8.44. The molecule has 126 valence electrons. The van der Waals surface area contributed by atoms with E-state index in [0.717, 1.165) is 38.2 Å². The number of methoxy groups -OCH3 is 1. The molecule has 1 N–H and O–H groups in total. The molecule has 3 rings (SSSR count). The lowest BCUT2D eigenvalue weighted by atomic mass is 10.00. The fourth-order valence-corrected chi connectivity index (χ4v) is 3.04. The van der Waals surface area contributed by atoms with Crippen molar-refractivity contribution in [1.29, 1.82) is 0 Å². The highest BCUT2D eigenvalue weighted by molar-refractivity contribution is 5.78. The largest absolute Gasteiger partial charge is 0.497 e. The van der Waals surface area contributed by atoms with E-state index in [2.05, 4.69) is 35.6 Å². The summed E-state index contributed by atoms with van der Waals surface area (Å²) in [6.45, 7) is 2.74. The Balaban J connectivity index is 1.41. The second kappa shape index (κ2) is 7.97. The van der Waals surface area contributed by atoms with Crippen LogP contribution in [0.3, 0.4) is 0 Å². The summed E-state index contributed by atoms with van der Waals surface area (Å²) in [7, 11) is 1.67. The van der Waals surface area contributed by atoms with Crippen LogP contribution in [-0.2, 0) is 24.2 Å². The van der Waals surface area contributed by atoms with Gasteiger partial charge in [0.2, 0.25) is 5.91 Å². The molecule has 0 aromatic heterocycles. The van der Waals surface area contributed by atoms with Gasteiger partial charge in [0, 0.05) is 13.1 Å². The van der Waals surface area contributed by atoms with Crippen molar-refractivity contribution < 1.29 is 9.53 Å². The van der Waals surface area contributed by atoms with E-state index in [1.807, 2.05) is 23.1 Å². The number of nitrogens with one attached hydrogen (secondary N) is 1. The lowest BCUT2D eigenvalue weighted by Crippen LogP contribution is -2.41. The molecule has 0 radical (unpaired) electrons. The number of carbonyl (C=O) groups excluding carboxylic acids is 1. The summed E-state index contributed by atoms with van der Waals surface area (Å²) in [6.07, 6.45) is 1.86. The Morgan fingerprint density at radius 3 is 2.62 bits per heavy atom. The van der Waals surface area contributed by atoms with E-state index in [1.54, 1.807) is 7.11 Å². The average Bonchev–Trinajstić information content (AvgIpc) is 2.65. The molecule has 0 saturated heterocycles. The zero-order valence-electron chi connectivity index (χ0n) is 14.1. The summed E-state index contributed by atoms with van der Waals surface area (Å²) in [4.78, 5) is 14.3. The first kappa shape index (κ1) is 16.5. The molecule has 1 amide bonds. The molecule has 0 fully saturated rings. The molecule has 0 spiro atoms. The zero-order chi connectivity index (χ0) is 16.8. The molecule has 4 heteroatoms. The smallest absolute Gasteiger partial charge is 0.236 e. The number of nitrogens with zero attached hydrogens (tertiary/aromatic N) is 1. The molecule has 0 atom stereocenters. The van der Waals surface area contributed by atoms with E-state index in [4.69, 9.17) is 4.74 Å². The topological polar surface area (TPSA) is 41.6 Å². The monoisotopic (exact) mass is 324 g/mol. The van der Waals surface area contributed by atoms with Crippen molar-refractivity contribution in [1.82, 2.24) is 10.2 Å². The number of rotatable bonds is 6. The molecular formula is C20H24N2O2. The molecule has 2 aromatic carbocycles. The van der Waals surface area contributed by atoms with Gasteiger partial charge in [0.1, 0.15) is 5.75 Å². The average molecular weight is 324 g/mol. The number of amides is 1. The maximum Gasteiger partial charge on any atom is 0.236 e. The second-order valence-electron chi connectivity index (χ2n) is 6.11. The number of fused-ring (bicyclic) bond motifs is 1. The number of benzene rings is 2. The summed E-state index contributed by atoms with van der Waals surface area (Å²) in [6, 6.07) is 16.4. The summed E-state index contributed by atoms with van der Waals surface area (Å²) in [5.74, 6) is 1.05. The van der Waals surface area contributed by atoms with E-state index in [1.165, 1.54) is 16.7 Å². The predicted octanol–water partition coefficient (Wildman–Crippen LogP) is 2.41. The van der Waals surface area contributed by atoms with E-state index in [9.17, 15) is 4.79 Å². The van der Waals surface area contributed by atoms with E-state index >= 15 is 0 Å². The van der Waals surface area contributed by atoms with Crippen molar-refractivity contribution in [3.63, 3.8) is 0 Å². The molecule has 0 aliphatic carbocycles. The van der Waals surface area contributed by atoms with Crippen LogP contribution in [0.4, 0.5) is 0 Å². The van der Waals surface area contributed by atoms with Gasteiger partial charge in [-0.1, -0.05) is 36.4 Å². The third kappa shape index (κ3) is 4.15. The highest BCUT2D eigenvalue weighted by atomic mass is 16.5. The maximum atomic E-state index is 12.3. The number of carbonyl (C=O) groups is 1. The lowest BCUT2D eigenvalue weighted by Gasteiger charge is -2.29. The Bertz CT molecular complexity index is 682. The summed E-state index contributed by atoms with van der Waals surface area (Å²) < 4.78 is 5.15. The third-order valence-corrected chi connectivity index (χ3v) is 4.51. The van der Waals surface area contributed by atoms with Crippen LogP contribution in [0.2, 0.25) is 0 Å². The van der Waals surface area contributed by atoms with Crippen molar-refractivity contribution in [3.05, 3.63) is 65.2 Å². The Morgan fingerprint density at radius 1 is 1.12 bits per heavy atom. The number of hydrogen-bond donors (Lipinski definition) is 1. The van der Waals surface area contributed by atoms with Crippen LogP contribution >= 0.6 is 0 Å². The molecule has 0 saturated carbocycles. The molecule has 1 heterocycles. The SMILES string of the molecule is COc1ccc(CCNCC(=O)N2CCc3ccccc3C2)cc1. The van der Waals surface area contributed by atoms with Crippen molar-refractivity contribution in [2.75, 3.05) is 26.7 Å².